The van der Waals surface area contributed by atoms with Gasteiger partial charge in [0.05, 0.1) is 0 Å². The van der Waals surface area contributed by atoms with Crippen LogP contribution in [0.25, 0.3) is 0 Å². The van der Waals surface area contributed by atoms with Gasteiger partial charge in [-0.2, -0.15) is 6.42 Å². The fourth-order valence-electron chi connectivity index (χ4n) is 0.250. The van der Waals surface area contributed by atoms with Crippen molar-refractivity contribution in [2.24, 2.45) is 0 Å². The van der Waals surface area contributed by atoms with Gasteiger partial charge in [0.25, 0.3) is 0 Å². The molecule has 0 aromatic rings. The second kappa shape index (κ2) is 16.0. The molecule has 0 amide bonds. The second-order valence-electron chi connectivity index (χ2n) is 1.21. The average Bonchev–Trinajstić information content (AvgIpc) is 1.41. The first-order valence-corrected chi connectivity index (χ1v) is 2.21. The maximum atomic E-state index is 3.68. The zero-order valence-corrected chi connectivity index (χ0v) is 5.24. The summed E-state index contributed by atoms with van der Waals surface area (Å²) in [5.41, 5.74) is 0. The Bertz CT molecular complexity index is 15.6. The van der Waals surface area contributed by atoms with Crippen LogP contribution in [0.5, 0.6) is 0 Å². The fourth-order valence-corrected chi connectivity index (χ4v) is 0.250. The van der Waals surface area contributed by atoms with Crippen molar-refractivity contribution in [3.63, 3.8) is 0 Å². The molecule has 0 fully saturated rings. The number of halogens is 1. The largest absolute Gasteiger partial charge is 1.00 e. The standard InChI is InChI=1S/C5H11.FH.Li/c1-3-5-4-2;;/h1,3-5H2,2H3;1H;/q-1;;+1. The predicted molar refractivity (Wildman–Crippen MR) is 27.4 cm³/mol. The monoisotopic (exact) mass is 98.1 g/mol. The molecule has 0 atom stereocenters. The van der Waals surface area contributed by atoms with Gasteiger partial charge >= 0.3 is 18.9 Å². The van der Waals surface area contributed by atoms with E-state index in [1.165, 1.54) is 12.8 Å². The molecule has 0 bridgehead atoms. The summed E-state index contributed by atoms with van der Waals surface area (Å²) < 4.78 is 0. The molecule has 0 aromatic heterocycles. The van der Waals surface area contributed by atoms with E-state index in [1.807, 2.05) is 0 Å². The summed E-state index contributed by atoms with van der Waals surface area (Å²) in [4.78, 5) is 0. The Morgan fingerprint density at radius 1 is 1.43 bits per heavy atom. The zero-order chi connectivity index (χ0) is 4.12. The summed E-state index contributed by atoms with van der Waals surface area (Å²) in [5.74, 6) is 0. The topological polar surface area (TPSA) is 0 Å². The molecule has 0 aliphatic heterocycles. The van der Waals surface area contributed by atoms with Gasteiger partial charge in [-0.25, -0.2) is 0 Å². The molecule has 0 N–H and O–H groups in total. The molecule has 0 radical (unpaired) electrons. The summed E-state index contributed by atoms with van der Waals surface area (Å²) >= 11 is 0. The predicted octanol–water partition coefficient (Wildman–Crippen LogP) is -0.833. The van der Waals surface area contributed by atoms with Gasteiger partial charge in [-0.1, -0.05) is 19.8 Å². The molecule has 0 saturated carbocycles. The van der Waals surface area contributed by atoms with Crippen LogP contribution in [0, 0.1) is 6.92 Å². The van der Waals surface area contributed by atoms with Crippen molar-refractivity contribution in [3.05, 3.63) is 6.92 Å². The van der Waals surface area contributed by atoms with E-state index in [1.54, 1.807) is 0 Å². The quantitative estimate of drug-likeness (QED) is 0.312. The van der Waals surface area contributed by atoms with Gasteiger partial charge < -0.3 is 6.92 Å². The number of hydrogen-bond acceptors (Lipinski definition) is 0. The third kappa shape index (κ3) is 20.9. The summed E-state index contributed by atoms with van der Waals surface area (Å²) in [6, 6.07) is 0. The van der Waals surface area contributed by atoms with E-state index in [4.69, 9.17) is 0 Å². The first kappa shape index (κ1) is 15.6. The molecule has 0 nitrogen and oxygen atoms in total. The van der Waals surface area contributed by atoms with Crippen molar-refractivity contribution >= 4 is 0 Å². The number of hydrogen-bond donors (Lipinski definition) is 0. The van der Waals surface area contributed by atoms with Gasteiger partial charge in [0.2, 0.25) is 0 Å². The van der Waals surface area contributed by atoms with Crippen LogP contribution in [0.15, 0.2) is 0 Å². The Kier molecular flexibility index (Phi) is 35.8. The molecule has 0 saturated heterocycles. The van der Waals surface area contributed by atoms with E-state index in [0.29, 0.717) is 0 Å². The van der Waals surface area contributed by atoms with E-state index in [9.17, 15) is 0 Å². The maximum absolute atomic E-state index is 3.68. The molecule has 0 rings (SSSR count). The van der Waals surface area contributed by atoms with Crippen molar-refractivity contribution in [1.29, 1.82) is 0 Å². The zero-order valence-electron chi connectivity index (χ0n) is 5.24. The van der Waals surface area contributed by atoms with E-state index in [0.717, 1.165) is 6.42 Å². The molecule has 40 valence electrons. The average molecular weight is 98.1 g/mol. The second-order valence-corrected chi connectivity index (χ2v) is 1.21. The van der Waals surface area contributed by atoms with Crippen molar-refractivity contribution < 1.29 is 23.6 Å². The van der Waals surface area contributed by atoms with Crippen molar-refractivity contribution in [2.45, 2.75) is 26.2 Å². The van der Waals surface area contributed by atoms with Crippen LogP contribution in [0.2, 0.25) is 0 Å². The van der Waals surface area contributed by atoms with Crippen LogP contribution >= 0.6 is 0 Å². The van der Waals surface area contributed by atoms with Gasteiger partial charge in [0.1, 0.15) is 0 Å². The third-order valence-corrected chi connectivity index (χ3v) is 0.604. The Hall–Kier alpha value is 0.527. The Labute approximate surface area is 57.2 Å². The number of rotatable bonds is 2. The first-order valence-electron chi connectivity index (χ1n) is 2.21. The fraction of sp³-hybridized carbons (Fsp3) is 0.800. The van der Waals surface area contributed by atoms with Crippen LogP contribution in [-0.4, -0.2) is 0 Å². The van der Waals surface area contributed by atoms with Gasteiger partial charge in [0, 0.05) is 0 Å². The van der Waals surface area contributed by atoms with E-state index < -0.39 is 0 Å². The van der Waals surface area contributed by atoms with Crippen molar-refractivity contribution in [2.75, 3.05) is 0 Å². The third-order valence-electron chi connectivity index (χ3n) is 0.604. The molecular weight excluding hydrogens is 86.0 g/mol. The van der Waals surface area contributed by atoms with E-state index >= 15 is 0 Å². The van der Waals surface area contributed by atoms with Gasteiger partial charge in [-0.15, -0.1) is 0 Å². The van der Waals surface area contributed by atoms with Crippen LogP contribution in [0.3, 0.4) is 0 Å². The van der Waals surface area contributed by atoms with Crippen LogP contribution in [0.4, 0.5) is 4.70 Å². The summed E-state index contributed by atoms with van der Waals surface area (Å²) in [7, 11) is 0. The molecule has 0 aliphatic carbocycles. The van der Waals surface area contributed by atoms with Gasteiger partial charge in [-0.05, 0) is 0 Å². The minimum absolute atomic E-state index is 0. The minimum atomic E-state index is 0. The molecule has 2 heteroatoms. The minimum Gasteiger partial charge on any atom is -0.343 e. The van der Waals surface area contributed by atoms with Crippen molar-refractivity contribution in [1.82, 2.24) is 0 Å². The van der Waals surface area contributed by atoms with Gasteiger partial charge in [-0.3, -0.25) is 4.70 Å². The van der Waals surface area contributed by atoms with Crippen LogP contribution < -0.4 is 18.9 Å². The van der Waals surface area contributed by atoms with Crippen molar-refractivity contribution in [3.8, 4) is 0 Å². The molecule has 0 aliphatic rings. The van der Waals surface area contributed by atoms with E-state index in [2.05, 4.69) is 13.8 Å². The van der Waals surface area contributed by atoms with Crippen LogP contribution in [-0.2, 0) is 0 Å². The number of unbranched alkanes of at least 4 members (excludes halogenated alkanes) is 2. The molecule has 7 heavy (non-hydrogen) atoms. The first-order chi connectivity index (χ1) is 2.41. The maximum Gasteiger partial charge on any atom is 1.00 e. The molecule has 0 unspecified atom stereocenters. The molecule has 0 heterocycles. The summed E-state index contributed by atoms with van der Waals surface area (Å²) in [6.07, 6.45) is 3.65. The summed E-state index contributed by atoms with van der Waals surface area (Å²) in [5, 5.41) is 0. The molecular formula is C5H12FLi. The van der Waals surface area contributed by atoms with Gasteiger partial charge in [0.15, 0.2) is 0 Å². The smallest absolute Gasteiger partial charge is 0.343 e. The Morgan fingerprint density at radius 3 is 1.86 bits per heavy atom. The normalized spacial score (nSPS) is 6.00. The summed E-state index contributed by atoms with van der Waals surface area (Å²) in [6.45, 7) is 5.85. The van der Waals surface area contributed by atoms with E-state index in [-0.39, 0.29) is 23.6 Å². The Morgan fingerprint density at radius 2 is 1.86 bits per heavy atom. The SMILES string of the molecule is F.[CH2-]CCCC.[Li+]. The van der Waals surface area contributed by atoms with Crippen LogP contribution in [0.1, 0.15) is 26.2 Å². The Balaban J connectivity index is -0.0000000800. The molecule has 0 aromatic carbocycles. The molecule has 0 spiro atoms.